The molecule has 4 nitrogen and oxygen atoms in total. The van der Waals surface area contributed by atoms with Crippen LogP contribution < -0.4 is 0 Å². The Hall–Kier alpha value is -1.24. The molecule has 0 N–H and O–H groups in total. The van der Waals surface area contributed by atoms with Crippen LogP contribution in [0.3, 0.4) is 0 Å². The Labute approximate surface area is 141 Å². The third-order valence-corrected chi connectivity index (χ3v) is 5.31. The molecular weight excluding hydrogens is 311 g/mol. The highest BCUT2D eigenvalue weighted by atomic mass is 32.1. The lowest BCUT2D eigenvalue weighted by Gasteiger charge is -2.28. The lowest BCUT2D eigenvalue weighted by Crippen LogP contribution is -2.38. The van der Waals surface area contributed by atoms with Gasteiger partial charge < -0.3 is 9.47 Å². The van der Waals surface area contributed by atoms with Crippen LogP contribution >= 0.6 is 11.3 Å². The molecule has 6 heteroatoms. The summed E-state index contributed by atoms with van der Waals surface area (Å²) in [4.78, 5) is 10.0. The number of likely N-dealkylation sites (N-methyl/N-ethyl adjacent to an activating group) is 1. The molecule has 0 bridgehead atoms. The zero-order valence-corrected chi connectivity index (χ0v) is 14.5. The van der Waals surface area contributed by atoms with Gasteiger partial charge in [0.15, 0.2) is 0 Å². The van der Waals surface area contributed by atoms with Gasteiger partial charge in [-0.1, -0.05) is 6.07 Å². The van der Waals surface area contributed by atoms with Gasteiger partial charge in [-0.25, -0.2) is 9.37 Å². The molecule has 2 aromatic rings. The molecule has 2 atom stereocenters. The third-order valence-electron chi connectivity index (χ3n) is 4.45. The van der Waals surface area contributed by atoms with E-state index in [1.807, 2.05) is 18.7 Å². The van der Waals surface area contributed by atoms with Crippen LogP contribution in [0.4, 0.5) is 4.39 Å². The zero-order chi connectivity index (χ0) is 16.1. The van der Waals surface area contributed by atoms with Crippen molar-refractivity contribution in [3.8, 4) is 0 Å². The average molecular weight is 336 g/mol. The quantitative estimate of drug-likeness (QED) is 0.741. The summed E-state index contributed by atoms with van der Waals surface area (Å²) in [5.74, 6) is 0. The first kappa shape index (κ1) is 16.6. The number of rotatable bonds is 8. The third kappa shape index (κ3) is 4.86. The highest BCUT2D eigenvalue weighted by Gasteiger charge is 2.32. The molecule has 0 aromatic carbocycles. The number of imidazole rings is 1. The Morgan fingerprint density at radius 2 is 2.39 bits per heavy atom. The first-order chi connectivity index (χ1) is 11.2. The van der Waals surface area contributed by atoms with E-state index in [9.17, 15) is 4.39 Å². The largest absolute Gasteiger partial charge is 0.337 e. The van der Waals surface area contributed by atoms with Crippen molar-refractivity contribution < 1.29 is 4.39 Å². The van der Waals surface area contributed by atoms with Crippen LogP contribution in [0.1, 0.15) is 17.7 Å². The molecule has 0 amide bonds. The Bertz CT molecular complexity index is 557. The fourth-order valence-electron chi connectivity index (χ4n) is 3.30. The lowest BCUT2D eigenvalue weighted by atomic mass is 10.2. The molecule has 126 valence electrons. The fourth-order valence-corrected chi connectivity index (χ4v) is 4.03. The highest BCUT2D eigenvalue weighted by molar-refractivity contribution is 7.09. The van der Waals surface area contributed by atoms with Crippen LogP contribution in [0.15, 0.2) is 36.2 Å². The first-order valence-corrected chi connectivity index (χ1v) is 9.13. The lowest BCUT2D eigenvalue weighted by molar-refractivity contribution is 0.183. The summed E-state index contributed by atoms with van der Waals surface area (Å²) in [5.41, 5.74) is 0. The molecule has 3 rings (SSSR count). The minimum absolute atomic E-state index is 0.324. The summed E-state index contributed by atoms with van der Waals surface area (Å²) in [6, 6.07) is 4.54. The number of hydrogen-bond acceptors (Lipinski definition) is 4. The monoisotopic (exact) mass is 336 g/mol. The molecule has 0 aliphatic carbocycles. The van der Waals surface area contributed by atoms with Crippen LogP contribution in [-0.4, -0.2) is 58.2 Å². The van der Waals surface area contributed by atoms with Gasteiger partial charge in [-0.2, -0.15) is 0 Å². The number of aromatic nitrogens is 2. The van der Waals surface area contributed by atoms with E-state index < -0.39 is 6.17 Å². The molecule has 2 aromatic heterocycles. The Morgan fingerprint density at radius 3 is 3.13 bits per heavy atom. The molecule has 3 heterocycles. The number of alkyl halides is 1. The number of likely N-dealkylation sites (tertiary alicyclic amines) is 1. The number of thiophene rings is 1. The molecule has 0 unspecified atom stereocenters. The van der Waals surface area contributed by atoms with Crippen molar-refractivity contribution in [1.29, 1.82) is 0 Å². The number of hydrogen-bond donors (Lipinski definition) is 0. The van der Waals surface area contributed by atoms with E-state index in [4.69, 9.17) is 0 Å². The van der Waals surface area contributed by atoms with Crippen molar-refractivity contribution in [2.24, 2.45) is 0 Å². The van der Waals surface area contributed by atoms with E-state index in [1.165, 1.54) is 4.88 Å². The van der Waals surface area contributed by atoms with Gasteiger partial charge in [0.2, 0.25) is 0 Å². The highest BCUT2D eigenvalue weighted by Crippen LogP contribution is 2.24. The van der Waals surface area contributed by atoms with Crippen molar-refractivity contribution in [3.63, 3.8) is 0 Å². The topological polar surface area (TPSA) is 24.3 Å². The van der Waals surface area contributed by atoms with Gasteiger partial charge in [-0.05, 0) is 37.9 Å². The van der Waals surface area contributed by atoms with E-state index in [0.29, 0.717) is 19.0 Å². The second kappa shape index (κ2) is 8.04. The van der Waals surface area contributed by atoms with Gasteiger partial charge in [0, 0.05) is 49.5 Å². The maximum Gasteiger partial charge on any atom is 0.114 e. The summed E-state index contributed by atoms with van der Waals surface area (Å²) < 4.78 is 16.0. The maximum atomic E-state index is 13.9. The Kier molecular flexibility index (Phi) is 5.80. The van der Waals surface area contributed by atoms with Crippen LogP contribution in [0.5, 0.6) is 0 Å². The SMILES string of the molecule is CN(CCCn1ccnc1)C[C@@H]1C[C@H](F)CN1Cc1cccs1. The van der Waals surface area contributed by atoms with Gasteiger partial charge in [0.05, 0.1) is 6.33 Å². The Morgan fingerprint density at radius 1 is 1.48 bits per heavy atom. The second-order valence-corrected chi connectivity index (χ2v) is 7.44. The zero-order valence-electron chi connectivity index (χ0n) is 13.6. The fraction of sp³-hybridized carbons (Fsp3) is 0.588. The van der Waals surface area contributed by atoms with Crippen molar-refractivity contribution in [1.82, 2.24) is 19.4 Å². The van der Waals surface area contributed by atoms with Gasteiger partial charge in [-0.15, -0.1) is 11.3 Å². The molecule has 0 radical (unpaired) electrons. The smallest absolute Gasteiger partial charge is 0.114 e. The van der Waals surface area contributed by atoms with Crippen molar-refractivity contribution in [3.05, 3.63) is 41.1 Å². The van der Waals surface area contributed by atoms with E-state index in [0.717, 1.165) is 32.6 Å². The maximum absolute atomic E-state index is 13.9. The van der Waals surface area contributed by atoms with Gasteiger partial charge in [-0.3, -0.25) is 4.90 Å². The van der Waals surface area contributed by atoms with Gasteiger partial charge >= 0.3 is 0 Å². The first-order valence-electron chi connectivity index (χ1n) is 8.25. The van der Waals surface area contributed by atoms with Gasteiger partial charge in [0.25, 0.3) is 0 Å². The van der Waals surface area contributed by atoms with E-state index >= 15 is 0 Å². The van der Waals surface area contributed by atoms with Crippen molar-refractivity contribution in [2.45, 2.75) is 38.1 Å². The summed E-state index contributed by atoms with van der Waals surface area (Å²) in [6.07, 6.45) is 6.73. The number of nitrogens with zero attached hydrogens (tertiary/aromatic N) is 4. The molecule has 1 fully saturated rings. The van der Waals surface area contributed by atoms with Gasteiger partial charge in [0.1, 0.15) is 6.17 Å². The minimum atomic E-state index is -0.681. The van der Waals surface area contributed by atoms with E-state index in [2.05, 4.69) is 43.9 Å². The summed E-state index contributed by atoms with van der Waals surface area (Å²) >= 11 is 1.76. The summed E-state index contributed by atoms with van der Waals surface area (Å²) in [6.45, 7) is 4.41. The summed E-state index contributed by atoms with van der Waals surface area (Å²) in [7, 11) is 2.14. The molecular formula is C17H25FN4S. The Balaban J connectivity index is 1.44. The minimum Gasteiger partial charge on any atom is -0.337 e. The number of aryl methyl sites for hydroxylation is 1. The second-order valence-electron chi connectivity index (χ2n) is 6.41. The normalized spacial score (nSPS) is 22.2. The summed E-state index contributed by atoms with van der Waals surface area (Å²) in [5, 5.41) is 2.09. The number of halogens is 1. The van der Waals surface area contributed by atoms with Crippen LogP contribution in [0.2, 0.25) is 0 Å². The van der Waals surface area contributed by atoms with E-state index in [1.54, 1.807) is 11.3 Å². The molecule has 0 saturated carbocycles. The van der Waals surface area contributed by atoms with Crippen LogP contribution in [0.25, 0.3) is 0 Å². The molecule has 23 heavy (non-hydrogen) atoms. The molecule has 1 saturated heterocycles. The van der Waals surface area contributed by atoms with Crippen LogP contribution in [0, 0.1) is 0 Å². The predicted octanol–water partition coefficient (Wildman–Crippen LogP) is 2.88. The standard InChI is InChI=1S/C17H25FN4S/c1-20(6-3-7-21-8-5-19-14-21)12-16-10-15(18)11-22(16)13-17-4-2-9-23-17/h2,4-5,8-9,14-16H,3,6-7,10-13H2,1H3/t15-,16-/m0/s1. The van der Waals surface area contributed by atoms with Crippen molar-refractivity contribution in [2.75, 3.05) is 26.7 Å². The molecule has 1 aliphatic rings. The predicted molar refractivity (Wildman–Crippen MR) is 92.4 cm³/mol. The van der Waals surface area contributed by atoms with Crippen molar-refractivity contribution >= 4 is 11.3 Å². The molecule has 0 spiro atoms. The van der Waals surface area contributed by atoms with E-state index in [-0.39, 0.29) is 0 Å². The van der Waals surface area contributed by atoms with Crippen LogP contribution in [-0.2, 0) is 13.1 Å². The average Bonchev–Trinajstić information content (AvgIpc) is 3.23. The molecule has 1 aliphatic heterocycles.